The predicted molar refractivity (Wildman–Crippen MR) is 91.1 cm³/mol. The molecule has 2 aromatic rings. The Labute approximate surface area is 135 Å². The fourth-order valence-electron chi connectivity index (χ4n) is 2.04. The van der Waals surface area contributed by atoms with Gasteiger partial charge in [-0.1, -0.05) is 30.3 Å². The van der Waals surface area contributed by atoms with Crippen molar-refractivity contribution in [3.05, 3.63) is 71.9 Å². The van der Waals surface area contributed by atoms with Crippen LogP contribution in [0.5, 0.6) is 0 Å². The molecule has 0 saturated heterocycles. The van der Waals surface area contributed by atoms with E-state index in [2.05, 4.69) is 5.32 Å². The second kappa shape index (κ2) is 7.66. The molecule has 0 heterocycles. The van der Waals surface area contributed by atoms with Crippen LogP contribution >= 0.6 is 0 Å². The second-order valence-electron chi connectivity index (χ2n) is 5.13. The SMILES string of the molecule is CN(/C=C(/C#N)C(=O)Nc1ccc(N)cc1)Cc1ccccc1. The first-order valence-corrected chi connectivity index (χ1v) is 7.11. The Kier molecular flexibility index (Phi) is 5.37. The van der Waals surface area contributed by atoms with Gasteiger partial charge in [0.15, 0.2) is 0 Å². The monoisotopic (exact) mass is 306 g/mol. The summed E-state index contributed by atoms with van der Waals surface area (Å²) >= 11 is 0. The van der Waals surface area contributed by atoms with Crippen LogP contribution in [0.1, 0.15) is 5.56 Å². The molecule has 0 aliphatic carbocycles. The van der Waals surface area contributed by atoms with E-state index in [1.807, 2.05) is 43.4 Å². The van der Waals surface area contributed by atoms with Gasteiger partial charge in [0.2, 0.25) is 0 Å². The summed E-state index contributed by atoms with van der Waals surface area (Å²) in [6.07, 6.45) is 1.54. The first-order chi connectivity index (χ1) is 11.1. The fraction of sp³-hybridized carbons (Fsp3) is 0.111. The molecule has 3 N–H and O–H groups in total. The molecule has 5 heteroatoms. The van der Waals surface area contributed by atoms with Gasteiger partial charge >= 0.3 is 0 Å². The van der Waals surface area contributed by atoms with Gasteiger partial charge in [0.25, 0.3) is 5.91 Å². The number of hydrogen-bond acceptors (Lipinski definition) is 4. The number of nitriles is 1. The summed E-state index contributed by atoms with van der Waals surface area (Å²) in [6.45, 7) is 0.612. The Balaban J connectivity index is 2.04. The minimum Gasteiger partial charge on any atom is -0.399 e. The van der Waals surface area contributed by atoms with E-state index < -0.39 is 5.91 Å². The van der Waals surface area contributed by atoms with Gasteiger partial charge in [-0.05, 0) is 29.8 Å². The molecule has 0 unspecified atom stereocenters. The number of carbonyl (C=O) groups excluding carboxylic acids is 1. The molecule has 0 aromatic heterocycles. The zero-order valence-corrected chi connectivity index (χ0v) is 12.9. The summed E-state index contributed by atoms with van der Waals surface area (Å²) in [7, 11) is 1.82. The molecule has 0 spiro atoms. The molecule has 116 valence electrons. The maximum Gasteiger partial charge on any atom is 0.267 e. The van der Waals surface area contributed by atoms with Gasteiger partial charge in [0.1, 0.15) is 11.6 Å². The first kappa shape index (κ1) is 16.1. The van der Waals surface area contributed by atoms with E-state index in [4.69, 9.17) is 5.73 Å². The lowest BCUT2D eigenvalue weighted by molar-refractivity contribution is -0.112. The Morgan fingerprint density at radius 2 is 1.87 bits per heavy atom. The molecule has 0 bridgehead atoms. The lowest BCUT2D eigenvalue weighted by Gasteiger charge is -2.15. The average molecular weight is 306 g/mol. The van der Waals surface area contributed by atoms with E-state index in [0.717, 1.165) is 5.56 Å². The number of nitrogens with zero attached hydrogens (tertiary/aromatic N) is 2. The number of amides is 1. The standard InChI is InChI=1S/C18H18N4O/c1-22(12-14-5-3-2-4-6-14)13-15(11-19)18(23)21-17-9-7-16(20)8-10-17/h2-10,13H,12,20H2,1H3,(H,21,23)/b15-13-. The number of nitrogens with two attached hydrogens (primary N) is 1. The fourth-order valence-corrected chi connectivity index (χ4v) is 2.04. The quantitative estimate of drug-likeness (QED) is 0.505. The Bertz CT molecular complexity index is 730. The highest BCUT2D eigenvalue weighted by Crippen LogP contribution is 2.12. The van der Waals surface area contributed by atoms with Crippen LogP contribution in [0.3, 0.4) is 0 Å². The van der Waals surface area contributed by atoms with Crippen molar-refractivity contribution in [1.29, 1.82) is 5.26 Å². The predicted octanol–water partition coefficient (Wildman–Crippen LogP) is 2.75. The third kappa shape index (κ3) is 4.90. The van der Waals surface area contributed by atoms with Crippen LogP contribution in [0.4, 0.5) is 11.4 Å². The van der Waals surface area contributed by atoms with E-state index in [0.29, 0.717) is 17.9 Å². The third-order valence-electron chi connectivity index (χ3n) is 3.16. The molecule has 0 aliphatic rings. The van der Waals surface area contributed by atoms with Crippen LogP contribution in [-0.2, 0) is 11.3 Å². The molecule has 0 atom stereocenters. The van der Waals surface area contributed by atoms with Crippen LogP contribution in [0, 0.1) is 11.3 Å². The highest BCUT2D eigenvalue weighted by atomic mass is 16.1. The van der Waals surface area contributed by atoms with Crippen LogP contribution < -0.4 is 11.1 Å². The molecule has 0 radical (unpaired) electrons. The van der Waals surface area contributed by atoms with Crippen molar-refractivity contribution in [2.45, 2.75) is 6.54 Å². The van der Waals surface area contributed by atoms with Crippen LogP contribution in [0.25, 0.3) is 0 Å². The van der Waals surface area contributed by atoms with Crippen molar-refractivity contribution in [3.63, 3.8) is 0 Å². The van der Waals surface area contributed by atoms with E-state index in [1.165, 1.54) is 0 Å². The topological polar surface area (TPSA) is 82.2 Å². The summed E-state index contributed by atoms with van der Waals surface area (Å²) in [5, 5.41) is 11.9. The summed E-state index contributed by atoms with van der Waals surface area (Å²) < 4.78 is 0. The lowest BCUT2D eigenvalue weighted by Crippen LogP contribution is -2.18. The maximum absolute atomic E-state index is 12.2. The number of carbonyl (C=O) groups is 1. The number of hydrogen-bond donors (Lipinski definition) is 2. The normalized spacial score (nSPS) is 10.7. The van der Waals surface area contributed by atoms with Crippen molar-refractivity contribution in [3.8, 4) is 6.07 Å². The number of nitrogens with one attached hydrogen (secondary N) is 1. The molecule has 0 aliphatic heterocycles. The summed E-state index contributed by atoms with van der Waals surface area (Å²) in [5.74, 6) is -0.447. The summed E-state index contributed by atoms with van der Waals surface area (Å²) in [4.78, 5) is 14.0. The van der Waals surface area contributed by atoms with Crippen molar-refractivity contribution in [2.75, 3.05) is 18.1 Å². The van der Waals surface area contributed by atoms with Gasteiger partial charge in [0, 0.05) is 31.2 Å². The lowest BCUT2D eigenvalue weighted by atomic mass is 10.2. The molecule has 5 nitrogen and oxygen atoms in total. The van der Waals surface area contributed by atoms with Gasteiger partial charge in [-0.25, -0.2) is 0 Å². The van der Waals surface area contributed by atoms with Crippen molar-refractivity contribution < 1.29 is 4.79 Å². The van der Waals surface area contributed by atoms with Gasteiger partial charge in [-0.2, -0.15) is 5.26 Å². The van der Waals surface area contributed by atoms with Crippen molar-refractivity contribution in [2.24, 2.45) is 0 Å². The Morgan fingerprint density at radius 1 is 1.22 bits per heavy atom. The van der Waals surface area contributed by atoms with Gasteiger partial charge in [0.05, 0.1) is 0 Å². The highest BCUT2D eigenvalue weighted by Gasteiger charge is 2.10. The van der Waals surface area contributed by atoms with Gasteiger partial charge in [-0.15, -0.1) is 0 Å². The van der Waals surface area contributed by atoms with Crippen LogP contribution in [0.2, 0.25) is 0 Å². The zero-order chi connectivity index (χ0) is 16.7. The molecule has 0 saturated carbocycles. The summed E-state index contributed by atoms with van der Waals surface area (Å²) in [6, 6.07) is 18.5. The number of anilines is 2. The zero-order valence-electron chi connectivity index (χ0n) is 12.9. The molecule has 23 heavy (non-hydrogen) atoms. The van der Waals surface area contributed by atoms with E-state index in [1.54, 1.807) is 35.4 Å². The van der Waals surface area contributed by atoms with Gasteiger partial charge in [-0.3, -0.25) is 4.79 Å². The molecular weight excluding hydrogens is 288 g/mol. The minimum atomic E-state index is -0.447. The maximum atomic E-state index is 12.2. The van der Waals surface area contributed by atoms with E-state index in [-0.39, 0.29) is 5.57 Å². The number of nitrogen functional groups attached to an aromatic ring is 1. The van der Waals surface area contributed by atoms with Gasteiger partial charge < -0.3 is 16.0 Å². The second-order valence-corrected chi connectivity index (χ2v) is 5.13. The van der Waals surface area contributed by atoms with E-state index in [9.17, 15) is 10.1 Å². The highest BCUT2D eigenvalue weighted by molar-refractivity contribution is 6.06. The summed E-state index contributed by atoms with van der Waals surface area (Å²) in [5.41, 5.74) is 7.95. The average Bonchev–Trinajstić information content (AvgIpc) is 2.55. The van der Waals surface area contributed by atoms with Crippen LogP contribution in [-0.4, -0.2) is 17.9 Å². The smallest absolute Gasteiger partial charge is 0.267 e. The first-order valence-electron chi connectivity index (χ1n) is 7.11. The van der Waals surface area contributed by atoms with E-state index >= 15 is 0 Å². The molecule has 1 amide bonds. The molecule has 2 rings (SSSR count). The van der Waals surface area contributed by atoms with Crippen molar-refractivity contribution >= 4 is 17.3 Å². The molecule has 2 aromatic carbocycles. The number of benzene rings is 2. The molecular formula is C18H18N4O. The van der Waals surface area contributed by atoms with Crippen molar-refractivity contribution in [1.82, 2.24) is 4.90 Å². The minimum absolute atomic E-state index is 0.0419. The third-order valence-corrected chi connectivity index (χ3v) is 3.16. The Hall–Kier alpha value is -3.26. The Morgan fingerprint density at radius 3 is 2.48 bits per heavy atom. The molecule has 0 fully saturated rings. The van der Waals surface area contributed by atoms with Crippen LogP contribution in [0.15, 0.2) is 66.4 Å². The largest absolute Gasteiger partial charge is 0.399 e. The number of rotatable bonds is 5.